The molecule has 1 heterocycles. The van der Waals surface area contributed by atoms with Crippen LogP contribution in [0.4, 0.5) is 5.82 Å². The summed E-state index contributed by atoms with van der Waals surface area (Å²) >= 11 is 0. The summed E-state index contributed by atoms with van der Waals surface area (Å²) in [6.07, 6.45) is 3.74. The van der Waals surface area contributed by atoms with Gasteiger partial charge in [-0.25, -0.2) is 4.98 Å². The van der Waals surface area contributed by atoms with Crippen molar-refractivity contribution < 1.29 is 4.79 Å². The average Bonchev–Trinajstić information content (AvgIpc) is 2.39. The third kappa shape index (κ3) is 6.20. The molecule has 5 nitrogen and oxygen atoms in total. The van der Waals surface area contributed by atoms with E-state index in [0.29, 0.717) is 5.56 Å². The predicted molar refractivity (Wildman–Crippen MR) is 78.5 cm³/mol. The number of pyridine rings is 1. The van der Waals surface area contributed by atoms with Gasteiger partial charge in [0.05, 0.1) is 0 Å². The lowest BCUT2D eigenvalue weighted by molar-refractivity contribution is 0.0953. The summed E-state index contributed by atoms with van der Waals surface area (Å²) in [5.41, 5.74) is 0.651. The van der Waals surface area contributed by atoms with Crippen LogP contribution in [0.1, 0.15) is 30.1 Å². The molecule has 0 aromatic carbocycles. The molecule has 0 fully saturated rings. The van der Waals surface area contributed by atoms with Crippen molar-refractivity contribution in [2.45, 2.75) is 19.8 Å². The van der Waals surface area contributed by atoms with Gasteiger partial charge in [-0.3, -0.25) is 4.79 Å². The van der Waals surface area contributed by atoms with Crippen LogP contribution in [0, 0.1) is 0 Å². The second-order valence-electron chi connectivity index (χ2n) is 4.77. The van der Waals surface area contributed by atoms with Crippen molar-refractivity contribution >= 4 is 11.7 Å². The van der Waals surface area contributed by atoms with Crippen LogP contribution in [0.3, 0.4) is 0 Å². The first-order valence-electron chi connectivity index (χ1n) is 6.76. The van der Waals surface area contributed by atoms with Crippen molar-refractivity contribution in [3.8, 4) is 0 Å². The Kier molecular flexibility index (Phi) is 6.89. The molecular weight excluding hydrogens is 240 g/mol. The normalized spacial score (nSPS) is 10.5. The number of unbranched alkanes of at least 4 members (excludes halogenated alkanes) is 1. The van der Waals surface area contributed by atoms with E-state index < -0.39 is 0 Å². The van der Waals surface area contributed by atoms with Gasteiger partial charge in [-0.15, -0.1) is 0 Å². The van der Waals surface area contributed by atoms with Gasteiger partial charge >= 0.3 is 0 Å². The standard InChI is InChI=1S/C14H24N4O/c1-4-5-7-17-14(19)12-6-8-15-13(11-12)16-9-10-18(2)3/h6,8,11H,4-5,7,9-10H2,1-3H3,(H,15,16)(H,17,19). The first-order valence-corrected chi connectivity index (χ1v) is 6.76. The second-order valence-corrected chi connectivity index (χ2v) is 4.77. The maximum absolute atomic E-state index is 11.9. The number of aromatic nitrogens is 1. The van der Waals surface area contributed by atoms with E-state index in [-0.39, 0.29) is 5.91 Å². The molecule has 1 aromatic heterocycles. The van der Waals surface area contributed by atoms with Gasteiger partial charge < -0.3 is 15.5 Å². The van der Waals surface area contributed by atoms with Gasteiger partial charge in [0.1, 0.15) is 5.82 Å². The molecule has 0 spiro atoms. The Morgan fingerprint density at radius 3 is 2.84 bits per heavy atom. The van der Waals surface area contributed by atoms with Gasteiger partial charge in [0.2, 0.25) is 0 Å². The summed E-state index contributed by atoms with van der Waals surface area (Å²) in [6, 6.07) is 3.52. The molecule has 1 aromatic rings. The van der Waals surface area contributed by atoms with Crippen molar-refractivity contribution in [3.63, 3.8) is 0 Å². The number of rotatable bonds is 8. The van der Waals surface area contributed by atoms with Crippen LogP contribution in [-0.2, 0) is 0 Å². The van der Waals surface area contributed by atoms with E-state index >= 15 is 0 Å². The molecule has 106 valence electrons. The van der Waals surface area contributed by atoms with Crippen LogP contribution in [-0.4, -0.2) is 49.5 Å². The Labute approximate surface area is 115 Å². The molecule has 5 heteroatoms. The molecule has 0 aliphatic heterocycles. The first-order chi connectivity index (χ1) is 9.13. The number of nitrogens with one attached hydrogen (secondary N) is 2. The smallest absolute Gasteiger partial charge is 0.251 e. The minimum Gasteiger partial charge on any atom is -0.369 e. The lowest BCUT2D eigenvalue weighted by atomic mass is 10.2. The van der Waals surface area contributed by atoms with Gasteiger partial charge in [0.15, 0.2) is 0 Å². The van der Waals surface area contributed by atoms with Crippen LogP contribution < -0.4 is 10.6 Å². The van der Waals surface area contributed by atoms with Crippen LogP contribution in [0.15, 0.2) is 18.3 Å². The van der Waals surface area contributed by atoms with E-state index in [2.05, 4.69) is 27.4 Å². The van der Waals surface area contributed by atoms with E-state index in [1.165, 1.54) is 0 Å². The molecule has 1 amide bonds. The molecule has 1 rings (SSSR count). The highest BCUT2D eigenvalue weighted by atomic mass is 16.1. The maximum atomic E-state index is 11.9. The summed E-state index contributed by atoms with van der Waals surface area (Å²) < 4.78 is 0. The van der Waals surface area contributed by atoms with E-state index in [4.69, 9.17) is 0 Å². The van der Waals surface area contributed by atoms with E-state index in [1.54, 1.807) is 18.3 Å². The molecule has 0 saturated heterocycles. The highest BCUT2D eigenvalue weighted by Crippen LogP contribution is 2.06. The Morgan fingerprint density at radius 1 is 1.37 bits per heavy atom. The molecule has 19 heavy (non-hydrogen) atoms. The van der Waals surface area contributed by atoms with E-state index in [9.17, 15) is 4.79 Å². The van der Waals surface area contributed by atoms with Crippen molar-refractivity contribution in [2.75, 3.05) is 39.0 Å². The third-order valence-corrected chi connectivity index (χ3v) is 2.70. The number of nitrogens with zero attached hydrogens (tertiary/aromatic N) is 2. The number of carbonyl (C=O) groups is 1. The molecule has 0 atom stereocenters. The summed E-state index contributed by atoms with van der Waals surface area (Å²) in [5.74, 6) is 0.705. The van der Waals surface area contributed by atoms with Crippen LogP contribution >= 0.6 is 0 Å². The number of hydrogen-bond acceptors (Lipinski definition) is 4. The number of anilines is 1. The van der Waals surface area contributed by atoms with Gasteiger partial charge in [0, 0.05) is 31.4 Å². The lowest BCUT2D eigenvalue weighted by Gasteiger charge is -2.11. The summed E-state index contributed by atoms with van der Waals surface area (Å²) in [7, 11) is 4.04. The van der Waals surface area contributed by atoms with Crippen LogP contribution in [0.25, 0.3) is 0 Å². The fraction of sp³-hybridized carbons (Fsp3) is 0.571. The Morgan fingerprint density at radius 2 is 2.16 bits per heavy atom. The van der Waals surface area contributed by atoms with Gasteiger partial charge in [-0.1, -0.05) is 13.3 Å². The fourth-order valence-electron chi connectivity index (χ4n) is 1.56. The minimum absolute atomic E-state index is 0.0356. The SMILES string of the molecule is CCCCNC(=O)c1ccnc(NCCN(C)C)c1. The summed E-state index contributed by atoms with van der Waals surface area (Å²) in [4.78, 5) is 18.2. The average molecular weight is 264 g/mol. The zero-order valence-electron chi connectivity index (χ0n) is 12.1. The largest absolute Gasteiger partial charge is 0.369 e. The third-order valence-electron chi connectivity index (χ3n) is 2.70. The highest BCUT2D eigenvalue weighted by molar-refractivity contribution is 5.94. The zero-order chi connectivity index (χ0) is 14.1. The van der Waals surface area contributed by atoms with E-state index in [0.717, 1.165) is 38.3 Å². The maximum Gasteiger partial charge on any atom is 0.251 e. The number of carbonyl (C=O) groups excluding carboxylic acids is 1. The van der Waals surface area contributed by atoms with Gasteiger partial charge in [-0.2, -0.15) is 0 Å². The van der Waals surface area contributed by atoms with E-state index in [1.807, 2.05) is 14.1 Å². The summed E-state index contributed by atoms with van der Waals surface area (Å²) in [5, 5.41) is 6.10. The topological polar surface area (TPSA) is 57.3 Å². The number of amides is 1. The van der Waals surface area contributed by atoms with Crippen LogP contribution in [0.5, 0.6) is 0 Å². The van der Waals surface area contributed by atoms with Crippen molar-refractivity contribution in [3.05, 3.63) is 23.9 Å². The second kappa shape index (κ2) is 8.48. The van der Waals surface area contributed by atoms with Gasteiger partial charge in [0.25, 0.3) is 5.91 Å². The zero-order valence-corrected chi connectivity index (χ0v) is 12.1. The Hall–Kier alpha value is -1.62. The summed E-state index contributed by atoms with van der Waals surface area (Å²) in [6.45, 7) is 4.56. The van der Waals surface area contributed by atoms with Crippen molar-refractivity contribution in [2.24, 2.45) is 0 Å². The predicted octanol–water partition coefficient (Wildman–Crippen LogP) is 1.58. The molecule has 0 bridgehead atoms. The van der Waals surface area contributed by atoms with Crippen molar-refractivity contribution in [1.29, 1.82) is 0 Å². The van der Waals surface area contributed by atoms with Gasteiger partial charge in [-0.05, 0) is 32.6 Å². The lowest BCUT2D eigenvalue weighted by Crippen LogP contribution is -2.25. The molecule has 0 saturated carbocycles. The fourth-order valence-corrected chi connectivity index (χ4v) is 1.56. The molecule has 0 aliphatic rings. The number of hydrogen-bond donors (Lipinski definition) is 2. The molecule has 0 radical (unpaired) electrons. The number of likely N-dealkylation sites (N-methyl/N-ethyl adjacent to an activating group) is 1. The van der Waals surface area contributed by atoms with Crippen LogP contribution in [0.2, 0.25) is 0 Å². The minimum atomic E-state index is -0.0356. The Bertz CT molecular complexity index is 393. The Balaban J connectivity index is 2.48. The molecule has 0 aliphatic carbocycles. The molecule has 2 N–H and O–H groups in total. The molecule has 0 unspecified atom stereocenters. The highest BCUT2D eigenvalue weighted by Gasteiger charge is 2.05. The van der Waals surface area contributed by atoms with Crippen molar-refractivity contribution in [1.82, 2.24) is 15.2 Å². The molecular formula is C14H24N4O. The quantitative estimate of drug-likeness (QED) is 0.700. The first kappa shape index (κ1) is 15.4. The monoisotopic (exact) mass is 264 g/mol.